The quantitative estimate of drug-likeness (QED) is 0.913. The molecule has 0 saturated carbocycles. The van der Waals surface area contributed by atoms with Gasteiger partial charge in [-0.1, -0.05) is 29.8 Å². The molecule has 0 bridgehead atoms. The Hall–Kier alpha value is -1.91. The fourth-order valence-electron chi connectivity index (χ4n) is 2.07. The van der Waals surface area contributed by atoms with Crippen LogP contribution in [0.15, 0.2) is 42.5 Å². The van der Waals surface area contributed by atoms with Crippen LogP contribution in [0.4, 0.5) is 4.39 Å². The van der Waals surface area contributed by atoms with Gasteiger partial charge in [-0.3, -0.25) is 4.90 Å². The van der Waals surface area contributed by atoms with E-state index >= 15 is 0 Å². The standard InChI is InChI=1S/C16H15ClFNO2/c1-19(10-12-4-7-15(18)14(17)8-12)9-11-2-5-13(6-3-11)16(20)21/h2-8H,9-10H2,1H3,(H,20,21). The van der Waals surface area contributed by atoms with Crippen LogP contribution in [0.5, 0.6) is 0 Å². The van der Waals surface area contributed by atoms with Crippen molar-refractivity contribution in [3.63, 3.8) is 0 Å². The molecule has 0 unspecified atom stereocenters. The zero-order chi connectivity index (χ0) is 15.4. The first kappa shape index (κ1) is 15.5. The van der Waals surface area contributed by atoms with E-state index in [-0.39, 0.29) is 10.6 Å². The number of carboxylic acid groups (broad SMARTS) is 1. The van der Waals surface area contributed by atoms with E-state index in [0.29, 0.717) is 13.1 Å². The van der Waals surface area contributed by atoms with Gasteiger partial charge in [0.05, 0.1) is 10.6 Å². The predicted octanol–water partition coefficient (Wildman–Crippen LogP) is 3.81. The third-order valence-electron chi connectivity index (χ3n) is 3.09. The molecule has 3 nitrogen and oxygen atoms in total. The van der Waals surface area contributed by atoms with Gasteiger partial charge in [0, 0.05) is 13.1 Å². The van der Waals surface area contributed by atoms with Gasteiger partial charge in [-0.2, -0.15) is 0 Å². The normalized spacial score (nSPS) is 10.9. The Morgan fingerprint density at radius 2 is 1.71 bits per heavy atom. The minimum Gasteiger partial charge on any atom is -0.478 e. The van der Waals surface area contributed by atoms with Gasteiger partial charge in [-0.25, -0.2) is 9.18 Å². The van der Waals surface area contributed by atoms with Gasteiger partial charge in [-0.05, 0) is 42.4 Å². The second kappa shape index (κ2) is 6.70. The van der Waals surface area contributed by atoms with Gasteiger partial charge in [-0.15, -0.1) is 0 Å². The molecule has 0 aliphatic carbocycles. The molecule has 0 atom stereocenters. The highest BCUT2D eigenvalue weighted by molar-refractivity contribution is 6.30. The molecule has 0 aliphatic heterocycles. The number of rotatable bonds is 5. The van der Waals surface area contributed by atoms with Gasteiger partial charge >= 0.3 is 5.97 Å². The Bertz CT molecular complexity index is 643. The first-order valence-electron chi connectivity index (χ1n) is 6.40. The minimum absolute atomic E-state index is 0.117. The van der Waals surface area contributed by atoms with Gasteiger partial charge in [0.15, 0.2) is 0 Å². The number of hydrogen-bond acceptors (Lipinski definition) is 2. The van der Waals surface area contributed by atoms with Crippen LogP contribution in [-0.4, -0.2) is 23.0 Å². The fourth-order valence-corrected chi connectivity index (χ4v) is 2.27. The van der Waals surface area contributed by atoms with Crippen LogP contribution in [0.3, 0.4) is 0 Å². The molecule has 2 aromatic carbocycles. The summed E-state index contributed by atoms with van der Waals surface area (Å²) in [6, 6.07) is 11.4. The lowest BCUT2D eigenvalue weighted by atomic mass is 10.1. The van der Waals surface area contributed by atoms with Crippen LogP contribution in [0.25, 0.3) is 0 Å². The maximum atomic E-state index is 13.1. The van der Waals surface area contributed by atoms with Gasteiger partial charge in [0.2, 0.25) is 0 Å². The topological polar surface area (TPSA) is 40.5 Å². The van der Waals surface area contributed by atoms with E-state index in [1.165, 1.54) is 6.07 Å². The van der Waals surface area contributed by atoms with Crippen LogP contribution in [0.1, 0.15) is 21.5 Å². The Labute approximate surface area is 127 Å². The molecule has 0 spiro atoms. The Balaban J connectivity index is 1.99. The van der Waals surface area contributed by atoms with Crippen molar-refractivity contribution in [1.29, 1.82) is 0 Å². The first-order chi connectivity index (χ1) is 9.95. The van der Waals surface area contributed by atoms with E-state index < -0.39 is 11.8 Å². The molecule has 1 N–H and O–H groups in total. The molecule has 0 saturated heterocycles. The van der Waals surface area contributed by atoms with Crippen LogP contribution in [0, 0.1) is 5.82 Å². The molecule has 0 heterocycles. The second-order valence-corrected chi connectivity index (χ2v) is 5.33. The Morgan fingerprint density at radius 1 is 1.14 bits per heavy atom. The lowest BCUT2D eigenvalue weighted by molar-refractivity contribution is 0.0697. The van der Waals surface area contributed by atoms with Gasteiger partial charge < -0.3 is 5.11 Å². The lowest BCUT2D eigenvalue weighted by Gasteiger charge is -2.17. The van der Waals surface area contributed by atoms with Crippen LogP contribution in [0.2, 0.25) is 5.02 Å². The monoisotopic (exact) mass is 307 g/mol. The summed E-state index contributed by atoms with van der Waals surface area (Å²) in [6.07, 6.45) is 0. The van der Waals surface area contributed by atoms with Crippen molar-refractivity contribution in [2.45, 2.75) is 13.1 Å². The molecule has 0 aromatic heterocycles. The van der Waals surface area contributed by atoms with Crippen molar-refractivity contribution < 1.29 is 14.3 Å². The highest BCUT2D eigenvalue weighted by Crippen LogP contribution is 2.17. The maximum Gasteiger partial charge on any atom is 0.335 e. The average Bonchev–Trinajstić information content (AvgIpc) is 2.43. The molecule has 5 heteroatoms. The molecular weight excluding hydrogens is 293 g/mol. The maximum absolute atomic E-state index is 13.1. The molecule has 0 radical (unpaired) electrons. The first-order valence-corrected chi connectivity index (χ1v) is 6.78. The number of halogens is 2. The van der Waals surface area contributed by atoms with E-state index in [9.17, 15) is 9.18 Å². The average molecular weight is 308 g/mol. The van der Waals surface area contributed by atoms with Crippen LogP contribution in [-0.2, 0) is 13.1 Å². The summed E-state index contributed by atoms with van der Waals surface area (Å²) in [5.74, 6) is -1.36. The number of aromatic carboxylic acids is 1. The second-order valence-electron chi connectivity index (χ2n) is 4.92. The van der Waals surface area contributed by atoms with Crippen LogP contribution < -0.4 is 0 Å². The smallest absolute Gasteiger partial charge is 0.335 e. The summed E-state index contributed by atoms with van der Waals surface area (Å²) in [5, 5.41) is 8.96. The highest BCUT2D eigenvalue weighted by atomic mass is 35.5. The van der Waals surface area contributed by atoms with E-state index in [1.54, 1.807) is 36.4 Å². The molecule has 21 heavy (non-hydrogen) atoms. The number of carbonyl (C=O) groups is 1. The summed E-state index contributed by atoms with van der Waals surface area (Å²) in [4.78, 5) is 12.8. The van der Waals surface area contributed by atoms with Crippen molar-refractivity contribution in [2.75, 3.05) is 7.05 Å². The van der Waals surface area contributed by atoms with Crippen LogP contribution >= 0.6 is 11.6 Å². The summed E-state index contributed by atoms with van der Waals surface area (Å²) < 4.78 is 13.1. The number of carboxylic acids is 1. The summed E-state index contributed by atoms with van der Waals surface area (Å²) in [5.41, 5.74) is 2.20. The fraction of sp³-hybridized carbons (Fsp3) is 0.188. The third kappa shape index (κ3) is 4.28. The summed E-state index contributed by atoms with van der Waals surface area (Å²) in [7, 11) is 1.93. The lowest BCUT2D eigenvalue weighted by Crippen LogP contribution is -2.17. The zero-order valence-electron chi connectivity index (χ0n) is 11.5. The predicted molar refractivity (Wildman–Crippen MR) is 80.0 cm³/mol. The van der Waals surface area contributed by atoms with Crippen molar-refractivity contribution in [3.05, 3.63) is 70.0 Å². The molecule has 2 aromatic rings. The summed E-state index contributed by atoms with van der Waals surface area (Å²) >= 11 is 5.76. The van der Waals surface area contributed by atoms with Crippen molar-refractivity contribution in [1.82, 2.24) is 4.90 Å². The number of benzene rings is 2. The largest absolute Gasteiger partial charge is 0.478 e. The molecule has 110 valence electrons. The van der Waals surface area contributed by atoms with E-state index in [4.69, 9.17) is 16.7 Å². The molecular formula is C16H15ClFNO2. The highest BCUT2D eigenvalue weighted by Gasteiger charge is 2.06. The minimum atomic E-state index is -0.934. The summed E-state index contributed by atoms with van der Waals surface area (Å²) in [6.45, 7) is 1.29. The number of nitrogens with zero attached hydrogens (tertiary/aromatic N) is 1. The van der Waals surface area contributed by atoms with Crippen molar-refractivity contribution in [3.8, 4) is 0 Å². The van der Waals surface area contributed by atoms with Crippen molar-refractivity contribution in [2.24, 2.45) is 0 Å². The number of hydrogen-bond donors (Lipinski definition) is 1. The van der Waals surface area contributed by atoms with E-state index in [0.717, 1.165) is 11.1 Å². The molecule has 0 fully saturated rings. The van der Waals surface area contributed by atoms with E-state index in [1.807, 2.05) is 11.9 Å². The molecule has 2 rings (SSSR count). The van der Waals surface area contributed by atoms with Gasteiger partial charge in [0.25, 0.3) is 0 Å². The van der Waals surface area contributed by atoms with Gasteiger partial charge in [0.1, 0.15) is 5.82 Å². The third-order valence-corrected chi connectivity index (χ3v) is 3.38. The Morgan fingerprint density at radius 3 is 2.29 bits per heavy atom. The SMILES string of the molecule is CN(Cc1ccc(C(=O)O)cc1)Cc1ccc(F)c(Cl)c1. The molecule has 0 amide bonds. The van der Waals surface area contributed by atoms with E-state index in [2.05, 4.69) is 0 Å². The van der Waals surface area contributed by atoms with Crippen molar-refractivity contribution >= 4 is 17.6 Å². The Kier molecular flexibility index (Phi) is 4.94. The zero-order valence-corrected chi connectivity index (χ0v) is 12.3. The molecule has 0 aliphatic rings.